The fourth-order valence-electron chi connectivity index (χ4n) is 1.69. The largest absolute Gasteiger partial charge is 1.00 e. The predicted octanol–water partition coefficient (Wildman–Crippen LogP) is -2.77. The number of rotatable bonds is 0. The number of carbonyl (C=O) groups excluding carboxylic acids is 2. The molecular formula is C8H9NNaO2+. The first kappa shape index (κ1) is 9.96. The fourth-order valence-corrected chi connectivity index (χ4v) is 1.69. The second-order valence-electron chi connectivity index (χ2n) is 2.99. The minimum Gasteiger partial charge on any atom is -0.296 e. The van der Waals surface area contributed by atoms with E-state index < -0.39 is 0 Å². The van der Waals surface area contributed by atoms with Gasteiger partial charge in [-0.25, -0.2) is 0 Å². The molecule has 0 spiro atoms. The number of hydrogen-bond donors (Lipinski definition) is 1. The van der Waals surface area contributed by atoms with Crippen molar-refractivity contribution in [3.05, 3.63) is 12.2 Å². The van der Waals surface area contributed by atoms with Crippen molar-refractivity contribution >= 4 is 11.8 Å². The van der Waals surface area contributed by atoms with Gasteiger partial charge in [0.25, 0.3) is 0 Å². The molecule has 58 valence electrons. The summed E-state index contributed by atoms with van der Waals surface area (Å²) in [6.07, 6.45) is 5.55. The van der Waals surface area contributed by atoms with E-state index >= 15 is 0 Å². The van der Waals surface area contributed by atoms with Crippen molar-refractivity contribution < 1.29 is 39.1 Å². The average Bonchev–Trinajstić information content (AvgIpc) is 2.30. The topological polar surface area (TPSA) is 46.2 Å². The van der Waals surface area contributed by atoms with Gasteiger partial charge in [-0.2, -0.15) is 0 Å². The molecule has 1 aliphatic carbocycles. The number of allylic oxidation sites excluding steroid dienone is 1. The van der Waals surface area contributed by atoms with Gasteiger partial charge in [0, 0.05) is 0 Å². The molecule has 12 heavy (non-hydrogen) atoms. The van der Waals surface area contributed by atoms with E-state index in [9.17, 15) is 9.59 Å². The molecule has 0 aromatic carbocycles. The Kier molecular flexibility index (Phi) is 3.09. The molecule has 1 heterocycles. The maximum Gasteiger partial charge on any atom is 1.00 e. The first-order chi connectivity index (χ1) is 5.29. The van der Waals surface area contributed by atoms with E-state index in [0.717, 1.165) is 12.8 Å². The van der Waals surface area contributed by atoms with Crippen LogP contribution < -0.4 is 34.9 Å². The zero-order valence-electron chi connectivity index (χ0n) is 7.04. The third-order valence-electron chi connectivity index (χ3n) is 2.31. The number of carbonyl (C=O) groups is 2. The van der Waals surface area contributed by atoms with Gasteiger partial charge in [-0.3, -0.25) is 14.9 Å². The van der Waals surface area contributed by atoms with E-state index in [4.69, 9.17) is 0 Å². The van der Waals surface area contributed by atoms with Crippen LogP contribution in [-0.4, -0.2) is 11.8 Å². The van der Waals surface area contributed by atoms with E-state index in [2.05, 4.69) is 5.32 Å². The summed E-state index contributed by atoms with van der Waals surface area (Å²) in [5, 5.41) is 2.33. The third kappa shape index (κ3) is 1.49. The Hall–Kier alpha value is -0.120. The number of fused-ring (bicyclic) bond motifs is 1. The van der Waals surface area contributed by atoms with Gasteiger partial charge >= 0.3 is 29.6 Å². The van der Waals surface area contributed by atoms with Crippen LogP contribution in [0.5, 0.6) is 0 Å². The molecule has 2 aliphatic rings. The molecule has 0 saturated carbocycles. The first-order valence-corrected chi connectivity index (χ1v) is 3.80. The maximum atomic E-state index is 11.1. The molecule has 0 aromatic heterocycles. The van der Waals surface area contributed by atoms with Crippen molar-refractivity contribution in [2.75, 3.05) is 0 Å². The SMILES string of the molecule is O=C1NC(=O)C2CCC=CC12.[Na+]. The van der Waals surface area contributed by atoms with Crippen molar-refractivity contribution in [1.82, 2.24) is 5.32 Å². The van der Waals surface area contributed by atoms with Crippen LogP contribution in [0.25, 0.3) is 0 Å². The van der Waals surface area contributed by atoms with Crippen LogP contribution in [0.4, 0.5) is 0 Å². The van der Waals surface area contributed by atoms with Crippen LogP contribution in [0.15, 0.2) is 12.2 Å². The average molecular weight is 174 g/mol. The van der Waals surface area contributed by atoms with Gasteiger partial charge in [-0.05, 0) is 12.8 Å². The van der Waals surface area contributed by atoms with Gasteiger partial charge in [-0.1, -0.05) is 12.2 Å². The van der Waals surface area contributed by atoms with Crippen LogP contribution >= 0.6 is 0 Å². The number of amides is 2. The van der Waals surface area contributed by atoms with E-state index in [0.29, 0.717) is 0 Å². The summed E-state index contributed by atoms with van der Waals surface area (Å²) in [5.41, 5.74) is 0. The zero-order chi connectivity index (χ0) is 7.84. The number of nitrogens with one attached hydrogen (secondary N) is 1. The summed E-state index contributed by atoms with van der Waals surface area (Å²) in [6.45, 7) is 0. The van der Waals surface area contributed by atoms with E-state index in [-0.39, 0.29) is 53.2 Å². The molecule has 2 atom stereocenters. The summed E-state index contributed by atoms with van der Waals surface area (Å²) >= 11 is 0. The second kappa shape index (κ2) is 3.73. The van der Waals surface area contributed by atoms with E-state index in [1.54, 1.807) is 0 Å². The molecule has 2 unspecified atom stereocenters. The fraction of sp³-hybridized carbons (Fsp3) is 0.500. The van der Waals surface area contributed by atoms with Gasteiger partial charge in [0.15, 0.2) is 0 Å². The summed E-state index contributed by atoms with van der Waals surface area (Å²) in [4.78, 5) is 22.1. The van der Waals surface area contributed by atoms with Crippen molar-refractivity contribution in [1.29, 1.82) is 0 Å². The molecule has 1 aliphatic heterocycles. The molecule has 1 N–H and O–H groups in total. The molecule has 4 heteroatoms. The standard InChI is InChI=1S/C8H9NO2.Na/c10-7-5-3-1-2-4-6(5)8(11)9-7;/h1,3,5-6H,2,4H2,(H,9,10,11);/q;+1. The minimum atomic E-state index is -0.170. The summed E-state index contributed by atoms with van der Waals surface area (Å²) in [6, 6.07) is 0. The van der Waals surface area contributed by atoms with Gasteiger partial charge in [0.1, 0.15) is 0 Å². The van der Waals surface area contributed by atoms with Crippen molar-refractivity contribution in [2.24, 2.45) is 11.8 Å². The molecule has 1 saturated heterocycles. The van der Waals surface area contributed by atoms with Crippen LogP contribution in [0.3, 0.4) is 0 Å². The Bertz CT molecular complexity index is 249. The van der Waals surface area contributed by atoms with E-state index in [1.165, 1.54) is 0 Å². The minimum absolute atomic E-state index is 0. The summed E-state index contributed by atoms with van der Waals surface area (Å²) in [7, 11) is 0. The van der Waals surface area contributed by atoms with Crippen molar-refractivity contribution in [3.63, 3.8) is 0 Å². The van der Waals surface area contributed by atoms with Crippen LogP contribution in [0, 0.1) is 11.8 Å². The Morgan fingerprint density at radius 2 is 2.08 bits per heavy atom. The molecule has 2 rings (SSSR count). The quantitative estimate of drug-likeness (QED) is 0.245. The van der Waals surface area contributed by atoms with Crippen LogP contribution in [0.1, 0.15) is 12.8 Å². The van der Waals surface area contributed by atoms with E-state index in [1.807, 2.05) is 12.2 Å². The zero-order valence-corrected chi connectivity index (χ0v) is 9.04. The Balaban J connectivity index is 0.000000720. The Morgan fingerprint density at radius 1 is 1.33 bits per heavy atom. The molecule has 0 radical (unpaired) electrons. The molecule has 3 nitrogen and oxygen atoms in total. The third-order valence-corrected chi connectivity index (χ3v) is 2.31. The van der Waals surface area contributed by atoms with Gasteiger partial charge < -0.3 is 0 Å². The molecule has 1 fully saturated rings. The van der Waals surface area contributed by atoms with Gasteiger partial charge in [-0.15, -0.1) is 0 Å². The Labute approximate surface area is 92.9 Å². The summed E-state index contributed by atoms with van der Waals surface area (Å²) < 4.78 is 0. The Morgan fingerprint density at radius 3 is 2.75 bits per heavy atom. The first-order valence-electron chi connectivity index (χ1n) is 3.80. The molecular weight excluding hydrogens is 165 g/mol. The number of imide groups is 1. The van der Waals surface area contributed by atoms with Gasteiger partial charge in [0.05, 0.1) is 11.8 Å². The van der Waals surface area contributed by atoms with Crippen molar-refractivity contribution in [3.8, 4) is 0 Å². The van der Waals surface area contributed by atoms with Gasteiger partial charge in [0.2, 0.25) is 11.8 Å². The number of hydrogen-bond acceptors (Lipinski definition) is 2. The van der Waals surface area contributed by atoms with Crippen LogP contribution in [0.2, 0.25) is 0 Å². The normalized spacial score (nSPS) is 32.3. The van der Waals surface area contributed by atoms with Crippen molar-refractivity contribution in [2.45, 2.75) is 12.8 Å². The second-order valence-corrected chi connectivity index (χ2v) is 2.99. The predicted molar refractivity (Wildman–Crippen MR) is 38.5 cm³/mol. The monoisotopic (exact) mass is 174 g/mol. The maximum absolute atomic E-state index is 11.1. The molecule has 2 amide bonds. The smallest absolute Gasteiger partial charge is 0.296 e. The molecule has 0 bridgehead atoms. The summed E-state index contributed by atoms with van der Waals surface area (Å²) in [5.74, 6) is -0.468. The van der Waals surface area contributed by atoms with Crippen LogP contribution in [-0.2, 0) is 9.59 Å². The molecule has 0 aromatic rings.